The molecule has 106 valence electrons. The predicted molar refractivity (Wildman–Crippen MR) is 71.1 cm³/mol. The highest BCUT2D eigenvalue weighted by atomic mass is 79.9. The topological polar surface area (TPSA) is 46.5 Å². The van der Waals surface area contributed by atoms with Crippen molar-refractivity contribution in [1.82, 2.24) is 0 Å². The number of ether oxygens (including phenoxy) is 1. The minimum Gasteiger partial charge on any atom is -0.478 e. The van der Waals surface area contributed by atoms with E-state index in [1.165, 1.54) is 25.1 Å². The number of hydrogen-bond acceptors (Lipinski definition) is 2. The molecule has 0 aliphatic rings. The Labute approximate surface area is 122 Å². The number of carbonyl (C=O) groups is 1. The normalized spacial score (nSPS) is 13.1. The second kappa shape index (κ2) is 6.52. The predicted octanol–water partition coefficient (Wildman–Crippen LogP) is 4.02. The molecule has 19 heavy (non-hydrogen) atoms. The van der Waals surface area contributed by atoms with Crippen LogP contribution in [0, 0.1) is 0 Å². The van der Waals surface area contributed by atoms with E-state index < -0.39 is 24.4 Å². The molecule has 0 amide bonds. The largest absolute Gasteiger partial charge is 0.478 e. The molecule has 0 aromatic heterocycles. The molecule has 0 spiro atoms. The molecule has 1 atom stereocenters. The second-order valence-corrected chi connectivity index (χ2v) is 5.02. The van der Waals surface area contributed by atoms with Crippen molar-refractivity contribution in [3.63, 3.8) is 0 Å². The van der Waals surface area contributed by atoms with E-state index in [1.807, 2.05) is 0 Å². The zero-order valence-electron chi connectivity index (χ0n) is 10.00. The van der Waals surface area contributed by atoms with E-state index in [9.17, 15) is 13.6 Å². The van der Waals surface area contributed by atoms with Crippen molar-refractivity contribution < 1.29 is 23.4 Å². The van der Waals surface area contributed by atoms with Crippen molar-refractivity contribution in [1.29, 1.82) is 0 Å². The van der Waals surface area contributed by atoms with Crippen molar-refractivity contribution >= 4 is 33.5 Å². The molecule has 0 fully saturated rings. The zero-order valence-corrected chi connectivity index (χ0v) is 12.3. The summed E-state index contributed by atoms with van der Waals surface area (Å²) in [6.07, 6.45) is -1.78. The van der Waals surface area contributed by atoms with Crippen LogP contribution in [-0.2, 0) is 10.7 Å². The Morgan fingerprint density at radius 2 is 2.21 bits per heavy atom. The highest BCUT2D eigenvalue weighted by Crippen LogP contribution is 2.39. The molecule has 0 bridgehead atoms. The Morgan fingerprint density at radius 1 is 1.58 bits per heavy atom. The van der Waals surface area contributed by atoms with Gasteiger partial charge in [-0.1, -0.05) is 22.9 Å². The van der Waals surface area contributed by atoms with Gasteiger partial charge in [0.05, 0.1) is 11.4 Å². The Bertz CT molecular complexity index is 468. The van der Waals surface area contributed by atoms with Crippen LogP contribution in [0.4, 0.5) is 8.78 Å². The van der Waals surface area contributed by atoms with Crippen LogP contribution >= 0.6 is 27.5 Å². The lowest BCUT2D eigenvalue weighted by atomic mass is 10.1. The Balaban J connectivity index is 3.17. The van der Waals surface area contributed by atoms with Gasteiger partial charge in [-0.15, -0.1) is 11.6 Å². The number of carboxylic acids is 1. The maximum Gasteiger partial charge on any atom is 0.346 e. The van der Waals surface area contributed by atoms with E-state index in [4.69, 9.17) is 21.4 Å². The van der Waals surface area contributed by atoms with Crippen LogP contribution < -0.4 is 4.74 Å². The minimum atomic E-state index is -3.10. The maximum atomic E-state index is 13.8. The summed E-state index contributed by atoms with van der Waals surface area (Å²) in [7, 11) is 0. The fourth-order valence-corrected chi connectivity index (χ4v) is 1.94. The summed E-state index contributed by atoms with van der Waals surface area (Å²) in [5, 5.41) is 8.83. The quantitative estimate of drug-likeness (QED) is 0.782. The smallest absolute Gasteiger partial charge is 0.346 e. The minimum absolute atomic E-state index is 0.178. The van der Waals surface area contributed by atoms with E-state index in [0.717, 1.165) is 0 Å². The fourth-order valence-electron chi connectivity index (χ4n) is 1.38. The zero-order chi connectivity index (χ0) is 14.6. The summed E-state index contributed by atoms with van der Waals surface area (Å²) in [6.45, 7) is 1.33. The van der Waals surface area contributed by atoms with E-state index in [-0.39, 0.29) is 17.2 Å². The van der Waals surface area contributed by atoms with E-state index >= 15 is 0 Å². The van der Waals surface area contributed by atoms with E-state index in [2.05, 4.69) is 15.9 Å². The van der Waals surface area contributed by atoms with Crippen molar-refractivity contribution in [3.05, 3.63) is 28.2 Å². The monoisotopic (exact) mass is 356 g/mol. The third kappa shape index (κ3) is 4.04. The number of benzene rings is 1. The third-order valence-corrected chi connectivity index (χ3v) is 3.24. The van der Waals surface area contributed by atoms with Crippen LogP contribution in [0.15, 0.2) is 22.7 Å². The molecular weight excluding hydrogens is 345 g/mol. The van der Waals surface area contributed by atoms with Crippen LogP contribution in [-0.4, -0.2) is 23.1 Å². The first-order valence-electron chi connectivity index (χ1n) is 5.45. The number of halogens is 4. The molecule has 1 rings (SSSR count). The van der Waals surface area contributed by atoms with Crippen molar-refractivity contribution in [2.45, 2.75) is 25.4 Å². The fraction of sp³-hybridized carbons (Fsp3) is 0.417. The van der Waals surface area contributed by atoms with Gasteiger partial charge in [-0.25, -0.2) is 13.6 Å². The van der Waals surface area contributed by atoms with Gasteiger partial charge in [0.1, 0.15) is 5.75 Å². The molecule has 0 unspecified atom stereocenters. The highest BCUT2D eigenvalue weighted by Gasteiger charge is 2.34. The van der Waals surface area contributed by atoms with Gasteiger partial charge in [-0.05, 0) is 18.2 Å². The van der Waals surface area contributed by atoms with Crippen molar-refractivity contribution in [2.24, 2.45) is 0 Å². The van der Waals surface area contributed by atoms with E-state index in [0.29, 0.717) is 4.47 Å². The molecule has 0 aliphatic carbocycles. The Hall–Kier alpha value is -0.880. The summed E-state index contributed by atoms with van der Waals surface area (Å²) in [4.78, 5) is 10.8. The lowest BCUT2D eigenvalue weighted by Gasteiger charge is -2.21. The molecule has 0 saturated heterocycles. The van der Waals surface area contributed by atoms with Crippen LogP contribution in [0.3, 0.4) is 0 Å². The van der Waals surface area contributed by atoms with Gasteiger partial charge in [0, 0.05) is 10.9 Å². The standard InChI is InChI=1S/C12H12BrClF2O3/c1-2-12(15,16)8-5-7(13)3-4-9(8)19-10(6-14)11(17)18/h3-5,10H,2,6H2,1H3,(H,17,18)/t10-/m0/s1. The van der Waals surface area contributed by atoms with Crippen LogP contribution in [0.25, 0.3) is 0 Å². The molecule has 3 nitrogen and oxygen atoms in total. The Kier molecular flexibility index (Phi) is 5.55. The Morgan fingerprint density at radius 3 is 2.68 bits per heavy atom. The summed E-state index contributed by atoms with van der Waals surface area (Å²) < 4.78 is 33.1. The highest BCUT2D eigenvalue weighted by molar-refractivity contribution is 9.10. The first-order valence-corrected chi connectivity index (χ1v) is 6.77. The van der Waals surface area contributed by atoms with E-state index in [1.54, 1.807) is 0 Å². The summed E-state index contributed by atoms with van der Waals surface area (Å²) in [5.74, 6) is -4.91. The van der Waals surface area contributed by atoms with Crippen molar-refractivity contribution in [2.75, 3.05) is 5.88 Å². The van der Waals surface area contributed by atoms with Crippen LogP contribution in [0.2, 0.25) is 0 Å². The first-order chi connectivity index (χ1) is 8.81. The molecule has 1 aromatic rings. The molecular formula is C12H12BrClF2O3. The van der Waals surface area contributed by atoms with Gasteiger partial charge in [0.15, 0.2) is 0 Å². The lowest BCUT2D eigenvalue weighted by molar-refractivity contribution is -0.144. The molecule has 0 saturated carbocycles. The summed E-state index contributed by atoms with van der Waals surface area (Å²) in [6, 6.07) is 4.01. The average molecular weight is 358 g/mol. The third-order valence-electron chi connectivity index (χ3n) is 2.46. The van der Waals surface area contributed by atoms with Crippen LogP contribution in [0.5, 0.6) is 5.75 Å². The number of aliphatic carboxylic acids is 1. The molecule has 1 N–H and O–H groups in total. The lowest BCUT2D eigenvalue weighted by Crippen LogP contribution is -2.29. The number of rotatable bonds is 6. The number of carboxylic acid groups (broad SMARTS) is 1. The first kappa shape index (κ1) is 16.2. The molecule has 0 radical (unpaired) electrons. The molecule has 0 heterocycles. The molecule has 0 aliphatic heterocycles. The summed E-state index contributed by atoms with van der Waals surface area (Å²) in [5.41, 5.74) is -0.360. The maximum absolute atomic E-state index is 13.8. The molecule has 7 heteroatoms. The van der Waals surface area contributed by atoms with Gasteiger partial charge < -0.3 is 9.84 Å². The number of hydrogen-bond donors (Lipinski definition) is 1. The van der Waals surface area contributed by atoms with Gasteiger partial charge >= 0.3 is 5.97 Å². The molecule has 1 aromatic carbocycles. The SMILES string of the molecule is CCC(F)(F)c1cc(Br)ccc1O[C@@H](CCl)C(=O)O. The van der Waals surface area contributed by atoms with Gasteiger partial charge in [0.2, 0.25) is 6.10 Å². The second-order valence-electron chi connectivity index (χ2n) is 3.80. The van der Waals surface area contributed by atoms with Crippen LogP contribution in [0.1, 0.15) is 18.9 Å². The van der Waals surface area contributed by atoms with Gasteiger partial charge in [-0.2, -0.15) is 0 Å². The van der Waals surface area contributed by atoms with Crippen molar-refractivity contribution in [3.8, 4) is 5.75 Å². The van der Waals surface area contributed by atoms with Gasteiger partial charge in [0.25, 0.3) is 5.92 Å². The van der Waals surface area contributed by atoms with Gasteiger partial charge in [-0.3, -0.25) is 0 Å². The summed E-state index contributed by atoms with van der Waals surface area (Å²) >= 11 is 8.54. The average Bonchev–Trinajstić information content (AvgIpc) is 2.36. The number of alkyl halides is 3.